The fourth-order valence-corrected chi connectivity index (χ4v) is 5.87. The Morgan fingerprint density at radius 2 is 1.61 bits per heavy atom. The summed E-state index contributed by atoms with van der Waals surface area (Å²) in [5.41, 5.74) is -0.966. The van der Waals surface area contributed by atoms with Gasteiger partial charge in [-0.25, -0.2) is 4.79 Å². The Morgan fingerprint density at radius 1 is 0.939 bits per heavy atom. The Kier molecular flexibility index (Phi) is 7.52. The lowest BCUT2D eigenvalue weighted by Crippen LogP contribution is -2.45. The molecule has 0 radical (unpaired) electrons. The number of rotatable bonds is 8. The van der Waals surface area contributed by atoms with E-state index >= 15 is 0 Å². The second kappa shape index (κ2) is 9.55. The number of esters is 3. The molecule has 0 N–H and O–H groups in total. The number of hydrogen-bond acceptors (Lipinski definition) is 7. The summed E-state index contributed by atoms with van der Waals surface area (Å²) in [7, 11) is 0. The fraction of sp³-hybridized carbons (Fsp3) is 0.885. The molecule has 0 aromatic rings. The van der Waals surface area contributed by atoms with Crippen molar-refractivity contribution in [2.75, 3.05) is 19.8 Å². The molecule has 2 saturated heterocycles. The highest BCUT2D eigenvalue weighted by molar-refractivity contribution is 5.77. The van der Waals surface area contributed by atoms with Gasteiger partial charge in [-0.3, -0.25) is 9.59 Å². The number of fused-ring (bicyclic) bond motifs is 1. The highest BCUT2D eigenvalue weighted by Gasteiger charge is 2.51. The maximum atomic E-state index is 12.9. The summed E-state index contributed by atoms with van der Waals surface area (Å²) in [6, 6.07) is 0. The van der Waals surface area contributed by atoms with E-state index < -0.39 is 11.4 Å². The molecule has 6 atom stereocenters. The number of carbonyl (C=O) groups excluding carboxylic acids is 3. The molecule has 33 heavy (non-hydrogen) atoms. The first-order valence-corrected chi connectivity index (χ1v) is 12.3. The van der Waals surface area contributed by atoms with E-state index in [0.717, 1.165) is 25.7 Å². The Morgan fingerprint density at radius 3 is 2.24 bits per heavy atom. The van der Waals surface area contributed by atoms with E-state index in [1.807, 2.05) is 27.7 Å². The molecule has 4 fully saturated rings. The molecule has 0 aromatic carbocycles. The molecule has 0 amide bonds. The van der Waals surface area contributed by atoms with Crippen molar-refractivity contribution in [2.24, 2.45) is 34.0 Å². The lowest BCUT2D eigenvalue weighted by atomic mass is 9.61. The highest BCUT2D eigenvalue weighted by Crippen LogP contribution is 2.49. The number of hydrogen-bond donors (Lipinski definition) is 0. The molecule has 4 rings (SSSR count). The van der Waals surface area contributed by atoms with E-state index in [2.05, 4.69) is 20.8 Å². The van der Waals surface area contributed by atoms with Crippen molar-refractivity contribution in [3.8, 4) is 0 Å². The number of ether oxygens (including phenoxy) is 4. The van der Waals surface area contributed by atoms with Gasteiger partial charge in [0.15, 0.2) is 0 Å². The maximum absolute atomic E-state index is 12.9. The first-order valence-electron chi connectivity index (χ1n) is 12.3. The summed E-state index contributed by atoms with van der Waals surface area (Å²) < 4.78 is 22.3. The van der Waals surface area contributed by atoms with Gasteiger partial charge in [0.2, 0.25) is 0 Å². The van der Waals surface area contributed by atoms with E-state index in [0.29, 0.717) is 12.3 Å². The van der Waals surface area contributed by atoms with Crippen LogP contribution >= 0.6 is 0 Å². The summed E-state index contributed by atoms with van der Waals surface area (Å²) in [5, 5.41) is 0. The zero-order valence-corrected chi connectivity index (χ0v) is 21.4. The van der Waals surface area contributed by atoms with Crippen molar-refractivity contribution < 1.29 is 33.3 Å². The van der Waals surface area contributed by atoms with Crippen molar-refractivity contribution >= 4 is 17.9 Å². The molecule has 6 unspecified atom stereocenters. The SMILES string of the molecule is CC(C)(C)CC(C)(C(=O)OCCOC(=O)COC1C2CC3CC(C2)C(=O)OC1C3)C(C)(C)C. The van der Waals surface area contributed by atoms with Gasteiger partial charge in [0, 0.05) is 0 Å². The van der Waals surface area contributed by atoms with Gasteiger partial charge < -0.3 is 18.9 Å². The van der Waals surface area contributed by atoms with E-state index in [4.69, 9.17) is 18.9 Å². The molecular weight excluding hydrogens is 424 g/mol. The second-order valence-corrected chi connectivity index (χ2v) is 12.7. The third kappa shape index (κ3) is 6.09. The van der Waals surface area contributed by atoms with E-state index in [-0.39, 0.29) is 66.6 Å². The molecule has 2 saturated carbocycles. The standard InChI is InChI=1S/C26H42O7/c1-24(2,3)15-26(7,25(4,5)6)23(29)31-9-8-30-20(27)14-32-21-17-10-16-11-18(13-17)22(28)33-19(21)12-16/h16-19,21H,8-15H2,1-7H3. The molecule has 0 aromatic heterocycles. The van der Waals surface area contributed by atoms with Crippen LogP contribution in [0.3, 0.4) is 0 Å². The van der Waals surface area contributed by atoms with Crippen LogP contribution in [0.4, 0.5) is 0 Å². The predicted octanol–water partition coefficient (Wildman–Crippen LogP) is 4.31. The predicted molar refractivity (Wildman–Crippen MR) is 122 cm³/mol. The van der Waals surface area contributed by atoms with Crippen LogP contribution in [0.2, 0.25) is 0 Å². The molecule has 4 bridgehead atoms. The first kappa shape index (κ1) is 26.0. The molecule has 4 aliphatic rings. The van der Waals surface area contributed by atoms with Gasteiger partial charge in [-0.1, -0.05) is 41.5 Å². The summed E-state index contributed by atoms with van der Waals surface area (Å²) in [5.74, 6) is -0.140. The average Bonchev–Trinajstić information content (AvgIpc) is 2.83. The normalized spacial score (nSPS) is 30.9. The monoisotopic (exact) mass is 466 g/mol. The van der Waals surface area contributed by atoms with Crippen LogP contribution in [0.25, 0.3) is 0 Å². The fourth-order valence-electron chi connectivity index (χ4n) is 5.87. The Balaban J connectivity index is 1.42. The Hall–Kier alpha value is -1.63. The molecule has 2 aliphatic heterocycles. The lowest BCUT2D eigenvalue weighted by molar-refractivity contribution is -0.173. The van der Waals surface area contributed by atoms with Crippen LogP contribution in [0.5, 0.6) is 0 Å². The van der Waals surface area contributed by atoms with E-state index in [9.17, 15) is 14.4 Å². The van der Waals surface area contributed by atoms with Crippen molar-refractivity contribution in [3.05, 3.63) is 0 Å². The van der Waals surface area contributed by atoms with Crippen LogP contribution < -0.4 is 0 Å². The van der Waals surface area contributed by atoms with Gasteiger partial charge in [0.05, 0.1) is 17.4 Å². The van der Waals surface area contributed by atoms with Gasteiger partial charge in [-0.2, -0.15) is 0 Å². The van der Waals surface area contributed by atoms with E-state index in [1.165, 1.54) is 0 Å². The smallest absolute Gasteiger partial charge is 0.332 e. The largest absolute Gasteiger partial charge is 0.462 e. The topological polar surface area (TPSA) is 88.1 Å². The van der Waals surface area contributed by atoms with Crippen molar-refractivity contribution in [1.29, 1.82) is 0 Å². The molecule has 0 spiro atoms. The van der Waals surface area contributed by atoms with Gasteiger partial charge in [-0.15, -0.1) is 0 Å². The van der Waals surface area contributed by atoms with Crippen LogP contribution in [-0.4, -0.2) is 49.9 Å². The van der Waals surface area contributed by atoms with Gasteiger partial charge in [0.1, 0.15) is 25.9 Å². The zero-order chi connectivity index (χ0) is 24.6. The van der Waals surface area contributed by atoms with Crippen molar-refractivity contribution in [1.82, 2.24) is 0 Å². The summed E-state index contributed by atoms with van der Waals surface area (Å²) >= 11 is 0. The minimum absolute atomic E-state index is 0.00996. The van der Waals surface area contributed by atoms with Crippen LogP contribution in [0, 0.1) is 34.0 Å². The Labute approximate surface area is 198 Å². The third-order valence-corrected chi connectivity index (χ3v) is 7.80. The zero-order valence-electron chi connectivity index (χ0n) is 21.4. The van der Waals surface area contributed by atoms with Gasteiger partial charge in [-0.05, 0) is 61.7 Å². The van der Waals surface area contributed by atoms with Crippen molar-refractivity contribution in [2.45, 2.75) is 92.8 Å². The van der Waals surface area contributed by atoms with Gasteiger partial charge in [0.25, 0.3) is 0 Å². The van der Waals surface area contributed by atoms with Crippen LogP contribution in [0.1, 0.15) is 80.6 Å². The molecule has 188 valence electrons. The average molecular weight is 467 g/mol. The second-order valence-electron chi connectivity index (χ2n) is 12.7. The summed E-state index contributed by atoms with van der Waals surface area (Å²) in [6.07, 6.45) is 3.72. The third-order valence-electron chi connectivity index (χ3n) is 7.80. The molecular formula is C26H42O7. The minimum atomic E-state index is -0.659. The number of carbonyl (C=O) groups is 3. The molecule has 2 heterocycles. The highest BCUT2D eigenvalue weighted by atomic mass is 16.6. The molecule has 7 heteroatoms. The minimum Gasteiger partial charge on any atom is -0.462 e. The maximum Gasteiger partial charge on any atom is 0.332 e. The van der Waals surface area contributed by atoms with Gasteiger partial charge >= 0.3 is 17.9 Å². The van der Waals surface area contributed by atoms with E-state index in [1.54, 1.807) is 0 Å². The van der Waals surface area contributed by atoms with Crippen LogP contribution in [0.15, 0.2) is 0 Å². The molecule has 7 nitrogen and oxygen atoms in total. The quantitative estimate of drug-likeness (QED) is 0.299. The first-order chi connectivity index (χ1) is 15.2. The summed E-state index contributed by atoms with van der Waals surface area (Å²) in [6.45, 7) is 14.2. The summed E-state index contributed by atoms with van der Waals surface area (Å²) in [4.78, 5) is 37.3. The van der Waals surface area contributed by atoms with Crippen molar-refractivity contribution in [3.63, 3.8) is 0 Å². The Bertz CT molecular complexity index is 747. The molecule has 2 aliphatic carbocycles. The lowest BCUT2D eigenvalue weighted by Gasteiger charge is -2.43. The van der Waals surface area contributed by atoms with Crippen LogP contribution in [-0.2, 0) is 33.3 Å².